The van der Waals surface area contributed by atoms with Gasteiger partial charge in [0.05, 0.1) is 24.4 Å². The van der Waals surface area contributed by atoms with Crippen LogP contribution in [-0.2, 0) is 11.2 Å². The van der Waals surface area contributed by atoms with E-state index < -0.39 is 30.3 Å². The van der Waals surface area contributed by atoms with Gasteiger partial charge in [0, 0.05) is 30.2 Å². The lowest BCUT2D eigenvalue weighted by Gasteiger charge is -2.24. The van der Waals surface area contributed by atoms with Gasteiger partial charge in [-0.3, -0.25) is 0 Å². The maximum atomic E-state index is 12.4. The molecule has 1 aromatic rings. The van der Waals surface area contributed by atoms with Crippen LogP contribution in [0.25, 0.3) is 0 Å². The molecule has 0 aromatic heterocycles. The van der Waals surface area contributed by atoms with Crippen LogP contribution >= 0.6 is 0 Å². The van der Waals surface area contributed by atoms with Gasteiger partial charge in [-0.1, -0.05) is 18.2 Å². The lowest BCUT2D eigenvalue weighted by Crippen LogP contribution is -2.25. The van der Waals surface area contributed by atoms with Crippen molar-refractivity contribution < 1.29 is 37.7 Å². The Morgan fingerprint density at radius 2 is 2.03 bits per heavy atom. The van der Waals surface area contributed by atoms with E-state index in [-0.39, 0.29) is 37.2 Å². The largest absolute Gasteiger partial charge is 0.489 e. The molecule has 0 saturated heterocycles. The minimum Gasteiger partial charge on any atom is -0.489 e. The van der Waals surface area contributed by atoms with Crippen molar-refractivity contribution in [3.63, 3.8) is 0 Å². The van der Waals surface area contributed by atoms with Gasteiger partial charge >= 0.3 is 12.1 Å². The van der Waals surface area contributed by atoms with Gasteiger partial charge in [0.1, 0.15) is 11.9 Å². The molecular formula is C25H33F3O5. The first kappa shape index (κ1) is 25.6. The second-order valence-corrected chi connectivity index (χ2v) is 9.56. The number of halogens is 3. The highest BCUT2D eigenvalue weighted by molar-refractivity contribution is 5.92. The maximum Gasteiger partial charge on any atom is 0.389 e. The Bertz CT molecular complexity index is 878. The molecule has 2 N–H and O–H groups in total. The molecule has 33 heavy (non-hydrogen) atoms. The third-order valence-corrected chi connectivity index (χ3v) is 6.89. The van der Waals surface area contributed by atoms with Crippen LogP contribution in [0, 0.1) is 18.8 Å². The Kier molecular flexibility index (Phi) is 7.79. The van der Waals surface area contributed by atoms with Gasteiger partial charge in [-0.05, 0) is 57.6 Å². The van der Waals surface area contributed by atoms with Crippen LogP contribution in [0.2, 0.25) is 0 Å². The van der Waals surface area contributed by atoms with E-state index in [1.54, 1.807) is 12.1 Å². The molecule has 3 rings (SSSR count). The SMILES string of the molecule is COC(=O)c1ccc2c(c1C)O[C@H]1C[C@@H](O)[C@H](/C=C/C[C@@](C)(O)CCCC(F)(F)F)[C@H]1CC2. The number of aliphatic hydroxyl groups is 2. The van der Waals surface area contributed by atoms with Crippen LogP contribution < -0.4 is 4.74 Å². The molecule has 8 heteroatoms. The molecule has 0 bridgehead atoms. The standard InChI is InChI=1S/C25H33F3O5/c1-15-17(23(30)32-3)9-7-16-8-10-19-18(20(29)14-21(19)33-22(15)16)6-4-11-24(2,31)12-5-13-25(26,27)28/h4,6-7,9,18-21,29,31H,5,8,10-14H2,1-3H3/b6-4+/t18-,19-,20-,21+,24-/m1/s1. The fourth-order valence-corrected chi connectivity index (χ4v) is 5.05. The predicted octanol–water partition coefficient (Wildman–Crippen LogP) is 4.90. The van der Waals surface area contributed by atoms with Crippen LogP contribution in [0.15, 0.2) is 24.3 Å². The summed E-state index contributed by atoms with van der Waals surface area (Å²) in [5.41, 5.74) is 0.961. The summed E-state index contributed by atoms with van der Waals surface area (Å²) in [4.78, 5) is 12.0. The van der Waals surface area contributed by atoms with Crippen LogP contribution in [0.4, 0.5) is 13.2 Å². The van der Waals surface area contributed by atoms with Crippen molar-refractivity contribution in [1.29, 1.82) is 0 Å². The molecule has 0 radical (unpaired) electrons. The van der Waals surface area contributed by atoms with Gasteiger partial charge in [0.15, 0.2) is 0 Å². The number of fused-ring (bicyclic) bond motifs is 2. The average molecular weight is 471 g/mol. The predicted molar refractivity (Wildman–Crippen MR) is 117 cm³/mol. The number of hydrogen-bond donors (Lipinski definition) is 2. The summed E-state index contributed by atoms with van der Waals surface area (Å²) in [7, 11) is 1.34. The number of esters is 1. The first-order chi connectivity index (χ1) is 15.4. The fourth-order valence-electron chi connectivity index (χ4n) is 5.05. The van der Waals surface area contributed by atoms with E-state index in [1.807, 2.05) is 19.1 Å². The molecule has 1 aliphatic carbocycles. The van der Waals surface area contributed by atoms with Gasteiger partial charge in [0.25, 0.3) is 0 Å². The van der Waals surface area contributed by atoms with Crippen molar-refractivity contribution in [1.82, 2.24) is 0 Å². The molecule has 5 atom stereocenters. The number of rotatable bonds is 7. The molecule has 0 spiro atoms. The maximum absolute atomic E-state index is 12.4. The average Bonchev–Trinajstić information content (AvgIpc) is 2.89. The van der Waals surface area contributed by atoms with Crippen molar-refractivity contribution in [2.75, 3.05) is 7.11 Å². The first-order valence-corrected chi connectivity index (χ1v) is 11.4. The Balaban J connectivity index is 1.66. The van der Waals surface area contributed by atoms with Gasteiger partial charge < -0.3 is 19.7 Å². The van der Waals surface area contributed by atoms with E-state index in [9.17, 15) is 28.2 Å². The highest BCUT2D eigenvalue weighted by Crippen LogP contribution is 2.44. The second kappa shape index (κ2) is 10.1. The summed E-state index contributed by atoms with van der Waals surface area (Å²) in [6, 6.07) is 3.63. The van der Waals surface area contributed by atoms with Crippen molar-refractivity contribution >= 4 is 5.97 Å². The van der Waals surface area contributed by atoms with Gasteiger partial charge in [-0.2, -0.15) is 13.2 Å². The molecule has 1 aliphatic heterocycles. The summed E-state index contributed by atoms with van der Waals surface area (Å²) in [5, 5.41) is 21.1. The minimum absolute atomic E-state index is 0.0519. The van der Waals surface area contributed by atoms with Crippen molar-refractivity contribution in [3.8, 4) is 5.75 Å². The van der Waals surface area contributed by atoms with Crippen molar-refractivity contribution in [3.05, 3.63) is 41.0 Å². The number of aliphatic hydroxyl groups excluding tert-OH is 1. The zero-order valence-electron chi connectivity index (χ0n) is 19.3. The summed E-state index contributed by atoms with van der Waals surface area (Å²) < 4.78 is 48.3. The number of methoxy groups -OCH3 is 1. The summed E-state index contributed by atoms with van der Waals surface area (Å²) in [5.74, 6) is 0.138. The fraction of sp³-hybridized carbons (Fsp3) is 0.640. The normalized spacial score (nSPS) is 26.8. The van der Waals surface area contributed by atoms with Crippen molar-refractivity contribution in [2.24, 2.45) is 11.8 Å². The Hall–Kier alpha value is -2.06. The van der Waals surface area contributed by atoms with E-state index in [0.717, 1.165) is 24.0 Å². The molecule has 2 aliphatic rings. The number of hydrogen-bond acceptors (Lipinski definition) is 5. The highest BCUT2D eigenvalue weighted by Gasteiger charge is 2.44. The molecule has 1 fully saturated rings. The zero-order chi connectivity index (χ0) is 24.4. The monoisotopic (exact) mass is 470 g/mol. The number of benzene rings is 1. The van der Waals surface area contributed by atoms with Crippen LogP contribution in [0.5, 0.6) is 5.75 Å². The molecule has 1 heterocycles. The summed E-state index contributed by atoms with van der Waals surface area (Å²) in [6.07, 6.45) is -0.190. The van der Waals surface area contributed by atoms with E-state index in [0.29, 0.717) is 17.7 Å². The van der Waals surface area contributed by atoms with Crippen LogP contribution in [0.1, 0.15) is 66.9 Å². The Morgan fingerprint density at radius 1 is 1.30 bits per heavy atom. The van der Waals surface area contributed by atoms with Gasteiger partial charge in [-0.25, -0.2) is 4.79 Å². The number of carbonyl (C=O) groups is 1. The van der Waals surface area contributed by atoms with Crippen LogP contribution in [0.3, 0.4) is 0 Å². The number of ether oxygens (including phenoxy) is 2. The molecular weight excluding hydrogens is 437 g/mol. The summed E-state index contributed by atoms with van der Waals surface area (Å²) in [6.45, 7) is 3.36. The third kappa shape index (κ3) is 6.29. The smallest absolute Gasteiger partial charge is 0.389 e. The first-order valence-electron chi connectivity index (χ1n) is 11.4. The summed E-state index contributed by atoms with van der Waals surface area (Å²) >= 11 is 0. The molecule has 5 nitrogen and oxygen atoms in total. The second-order valence-electron chi connectivity index (χ2n) is 9.56. The van der Waals surface area contributed by atoms with Crippen LogP contribution in [-0.4, -0.2) is 47.3 Å². The molecule has 1 saturated carbocycles. The number of carbonyl (C=O) groups excluding carboxylic acids is 1. The number of alkyl halides is 3. The van der Waals surface area contributed by atoms with Gasteiger partial charge in [-0.15, -0.1) is 0 Å². The third-order valence-electron chi connectivity index (χ3n) is 6.89. The molecule has 0 amide bonds. The zero-order valence-corrected chi connectivity index (χ0v) is 19.3. The van der Waals surface area contributed by atoms with Gasteiger partial charge in [0.2, 0.25) is 0 Å². The Labute approximate surface area is 192 Å². The lowest BCUT2D eigenvalue weighted by atomic mass is 9.87. The lowest BCUT2D eigenvalue weighted by molar-refractivity contribution is -0.137. The molecule has 184 valence electrons. The topological polar surface area (TPSA) is 76.0 Å². The minimum atomic E-state index is -4.22. The highest BCUT2D eigenvalue weighted by atomic mass is 19.4. The van der Waals surface area contributed by atoms with E-state index in [2.05, 4.69) is 0 Å². The molecule has 1 aromatic carbocycles. The number of aryl methyl sites for hydroxylation is 1. The van der Waals surface area contributed by atoms with E-state index in [4.69, 9.17) is 9.47 Å². The molecule has 0 unspecified atom stereocenters. The van der Waals surface area contributed by atoms with E-state index >= 15 is 0 Å². The van der Waals surface area contributed by atoms with Crippen molar-refractivity contribution in [2.45, 2.75) is 82.8 Å². The Morgan fingerprint density at radius 3 is 2.70 bits per heavy atom. The van der Waals surface area contributed by atoms with E-state index in [1.165, 1.54) is 14.0 Å². The quantitative estimate of drug-likeness (QED) is 0.438.